The molecule has 0 spiro atoms. The van der Waals surface area contributed by atoms with E-state index in [-0.39, 0.29) is 38.2 Å². The van der Waals surface area contributed by atoms with Gasteiger partial charge in [0.25, 0.3) is 0 Å². The van der Waals surface area contributed by atoms with E-state index < -0.39 is 60.4 Å². The Morgan fingerprint density at radius 1 is 0.886 bits per heavy atom. The number of aliphatic hydroxyl groups is 1. The topological polar surface area (TPSA) is 278 Å². The number of nitrogens with zero attached hydrogens (tertiary/aromatic N) is 1. The summed E-state index contributed by atoms with van der Waals surface area (Å²) in [4.78, 5) is 63.9. The largest absolute Gasteiger partial charge is 0.480 e. The van der Waals surface area contributed by atoms with E-state index in [1.807, 2.05) is 0 Å². The fourth-order valence-electron chi connectivity index (χ4n) is 2.72. The molecule has 0 aromatic carbocycles. The van der Waals surface area contributed by atoms with Gasteiger partial charge in [0.05, 0.1) is 12.6 Å². The minimum absolute atomic E-state index is 0.104. The third-order valence-corrected chi connectivity index (χ3v) is 5.30. The van der Waals surface area contributed by atoms with Gasteiger partial charge in [0, 0.05) is 13.0 Å². The molecule has 35 heavy (non-hydrogen) atoms. The second kappa shape index (κ2) is 17.3. The number of nitrogens with two attached hydrogens (primary N) is 4. The number of hydrogen-bond donors (Lipinski definition) is 9. The van der Waals surface area contributed by atoms with E-state index in [9.17, 15) is 34.2 Å². The molecule has 200 valence electrons. The standard InChI is InChI=1S/C19H36N8O7S/c1-35-8-6-12(18(33)34)26-17(32)13(9-28)27-16(31)11(4-5-14(21)29)25-15(30)10(20)3-2-7-24-19(22)23/h10-13,28H,2-9,20H2,1H3,(H2,21,29)(H,25,30)(H,26,32)(H,27,31)(H,33,34)(H4,22,23,24). The number of carbonyl (C=O) groups is 5. The lowest BCUT2D eigenvalue weighted by Gasteiger charge is -2.24. The summed E-state index contributed by atoms with van der Waals surface area (Å²) in [5.41, 5.74) is 21.4. The molecule has 0 aromatic heterocycles. The summed E-state index contributed by atoms with van der Waals surface area (Å²) in [6, 6.07) is -5.03. The number of hydrogen-bond acceptors (Lipinski definition) is 9. The number of carboxylic acids is 1. The van der Waals surface area contributed by atoms with Crippen LogP contribution in [-0.4, -0.2) is 95.1 Å². The third kappa shape index (κ3) is 14.0. The number of guanidine groups is 1. The third-order valence-electron chi connectivity index (χ3n) is 4.66. The summed E-state index contributed by atoms with van der Waals surface area (Å²) in [5, 5.41) is 25.7. The van der Waals surface area contributed by atoms with Crippen molar-refractivity contribution in [2.45, 2.75) is 56.3 Å². The van der Waals surface area contributed by atoms with Crippen LogP contribution in [0.25, 0.3) is 0 Å². The predicted octanol–water partition coefficient (Wildman–Crippen LogP) is -4.08. The smallest absolute Gasteiger partial charge is 0.326 e. The lowest BCUT2D eigenvalue weighted by Crippen LogP contribution is -2.58. The highest BCUT2D eigenvalue weighted by atomic mass is 32.2. The number of aliphatic imine (C=N–C) groups is 1. The number of carbonyl (C=O) groups excluding carboxylic acids is 4. The summed E-state index contributed by atoms with van der Waals surface area (Å²) in [7, 11) is 0. The first kappa shape index (κ1) is 31.9. The van der Waals surface area contributed by atoms with E-state index >= 15 is 0 Å². The maximum Gasteiger partial charge on any atom is 0.326 e. The molecule has 4 amide bonds. The van der Waals surface area contributed by atoms with Crippen molar-refractivity contribution in [2.24, 2.45) is 27.9 Å². The summed E-state index contributed by atoms with van der Waals surface area (Å²) in [6.07, 6.45) is 2.03. The van der Waals surface area contributed by atoms with Gasteiger partial charge in [-0.25, -0.2) is 4.79 Å². The number of aliphatic hydroxyl groups excluding tert-OH is 1. The molecular weight excluding hydrogens is 484 g/mol. The maximum absolute atomic E-state index is 12.7. The number of rotatable bonds is 18. The molecule has 16 heteroatoms. The number of thioether (sulfide) groups is 1. The Balaban J connectivity index is 5.20. The van der Waals surface area contributed by atoms with E-state index in [0.29, 0.717) is 12.2 Å². The van der Waals surface area contributed by atoms with Crippen molar-refractivity contribution in [1.82, 2.24) is 16.0 Å². The van der Waals surface area contributed by atoms with E-state index in [1.54, 1.807) is 6.26 Å². The van der Waals surface area contributed by atoms with E-state index in [4.69, 9.17) is 22.9 Å². The van der Waals surface area contributed by atoms with Gasteiger partial charge in [0.15, 0.2) is 5.96 Å². The Morgan fingerprint density at radius 3 is 1.97 bits per heavy atom. The van der Waals surface area contributed by atoms with Crippen molar-refractivity contribution in [2.75, 3.05) is 25.2 Å². The van der Waals surface area contributed by atoms with Crippen LogP contribution < -0.4 is 38.9 Å². The van der Waals surface area contributed by atoms with Crippen LogP contribution in [0.2, 0.25) is 0 Å². The van der Waals surface area contributed by atoms with Crippen molar-refractivity contribution >= 4 is 47.3 Å². The SMILES string of the molecule is CSCCC(NC(=O)C(CO)NC(=O)C(CCC(N)=O)NC(=O)C(N)CCCN=C(N)N)C(=O)O. The van der Waals surface area contributed by atoms with Crippen molar-refractivity contribution in [3.8, 4) is 0 Å². The van der Waals surface area contributed by atoms with Gasteiger partial charge in [-0.3, -0.25) is 24.2 Å². The fourth-order valence-corrected chi connectivity index (χ4v) is 3.19. The highest BCUT2D eigenvalue weighted by Crippen LogP contribution is 2.04. The molecule has 0 saturated carbocycles. The van der Waals surface area contributed by atoms with E-state index in [1.165, 1.54) is 11.8 Å². The van der Waals surface area contributed by atoms with Gasteiger partial charge >= 0.3 is 5.97 Å². The van der Waals surface area contributed by atoms with Crippen LogP contribution in [0, 0.1) is 0 Å². The zero-order valence-corrected chi connectivity index (χ0v) is 20.4. The number of primary amides is 1. The molecule has 0 aliphatic carbocycles. The van der Waals surface area contributed by atoms with Gasteiger partial charge in [-0.05, 0) is 37.7 Å². The van der Waals surface area contributed by atoms with Crippen LogP contribution in [0.1, 0.15) is 32.1 Å². The monoisotopic (exact) mass is 520 g/mol. The predicted molar refractivity (Wildman–Crippen MR) is 130 cm³/mol. The van der Waals surface area contributed by atoms with Crippen LogP contribution in [-0.2, 0) is 24.0 Å². The first-order chi connectivity index (χ1) is 16.4. The van der Waals surface area contributed by atoms with Crippen LogP contribution in [0.15, 0.2) is 4.99 Å². The van der Waals surface area contributed by atoms with Crippen LogP contribution >= 0.6 is 11.8 Å². The Bertz CT molecular complexity index is 763. The molecule has 0 bridgehead atoms. The normalized spacial score (nSPS) is 14.0. The van der Waals surface area contributed by atoms with E-state index in [0.717, 1.165) is 0 Å². The minimum Gasteiger partial charge on any atom is -0.480 e. The molecule has 0 saturated heterocycles. The second-order valence-corrected chi connectivity index (χ2v) is 8.53. The molecule has 4 atom stereocenters. The molecule has 0 aliphatic rings. The van der Waals surface area contributed by atoms with Crippen molar-refractivity contribution in [3.63, 3.8) is 0 Å². The van der Waals surface area contributed by atoms with Crippen LogP contribution in [0.4, 0.5) is 0 Å². The van der Waals surface area contributed by atoms with Crippen molar-refractivity contribution in [3.05, 3.63) is 0 Å². The number of carboxylic acid groups (broad SMARTS) is 1. The number of amides is 4. The second-order valence-electron chi connectivity index (χ2n) is 7.55. The highest BCUT2D eigenvalue weighted by molar-refractivity contribution is 7.98. The average Bonchev–Trinajstić information content (AvgIpc) is 2.79. The van der Waals surface area contributed by atoms with Gasteiger partial charge in [0.2, 0.25) is 23.6 Å². The van der Waals surface area contributed by atoms with Gasteiger partial charge in [-0.1, -0.05) is 0 Å². The zero-order valence-electron chi connectivity index (χ0n) is 19.6. The molecule has 15 nitrogen and oxygen atoms in total. The first-order valence-corrected chi connectivity index (χ1v) is 12.1. The quantitative estimate of drug-likeness (QED) is 0.0475. The van der Waals surface area contributed by atoms with Crippen LogP contribution in [0.3, 0.4) is 0 Å². The van der Waals surface area contributed by atoms with Gasteiger partial charge in [0.1, 0.15) is 18.1 Å². The maximum atomic E-state index is 12.7. The molecule has 13 N–H and O–H groups in total. The van der Waals surface area contributed by atoms with E-state index in [2.05, 4.69) is 20.9 Å². The Labute approximate surface area is 207 Å². The average molecular weight is 521 g/mol. The van der Waals surface area contributed by atoms with Crippen LogP contribution in [0.5, 0.6) is 0 Å². The van der Waals surface area contributed by atoms with Gasteiger partial charge in [-0.2, -0.15) is 11.8 Å². The molecule has 0 radical (unpaired) electrons. The summed E-state index contributed by atoms with van der Waals surface area (Å²) < 4.78 is 0. The molecule has 0 heterocycles. The zero-order chi connectivity index (χ0) is 27.0. The highest BCUT2D eigenvalue weighted by Gasteiger charge is 2.30. The van der Waals surface area contributed by atoms with Gasteiger partial charge in [-0.15, -0.1) is 0 Å². The summed E-state index contributed by atoms with van der Waals surface area (Å²) >= 11 is 1.39. The Hall–Kier alpha value is -3.11. The lowest BCUT2D eigenvalue weighted by molar-refractivity contribution is -0.142. The minimum atomic E-state index is -1.50. The first-order valence-electron chi connectivity index (χ1n) is 10.8. The Kier molecular flexibility index (Phi) is 15.8. The van der Waals surface area contributed by atoms with Crippen molar-refractivity contribution < 1.29 is 34.2 Å². The molecule has 4 unspecified atom stereocenters. The molecular formula is C19H36N8O7S. The Morgan fingerprint density at radius 2 is 1.46 bits per heavy atom. The molecule has 0 fully saturated rings. The lowest BCUT2D eigenvalue weighted by atomic mass is 10.1. The summed E-state index contributed by atoms with van der Waals surface area (Å²) in [5.74, 6) is -4.16. The number of nitrogens with one attached hydrogen (secondary N) is 3. The van der Waals surface area contributed by atoms with Crippen molar-refractivity contribution in [1.29, 1.82) is 0 Å². The molecule has 0 aromatic rings. The molecule has 0 rings (SSSR count). The fraction of sp³-hybridized carbons (Fsp3) is 0.684. The molecule has 0 aliphatic heterocycles. The van der Waals surface area contributed by atoms with Gasteiger partial charge < -0.3 is 49.1 Å². The number of aliphatic carboxylic acids is 1. The summed E-state index contributed by atoms with van der Waals surface area (Å²) in [6.45, 7) is -0.594.